The van der Waals surface area contributed by atoms with E-state index in [1.54, 1.807) is 19.2 Å². The Kier molecular flexibility index (Phi) is 6.12. The van der Waals surface area contributed by atoms with Crippen molar-refractivity contribution in [2.75, 3.05) is 26.8 Å². The number of nitrogens with zero attached hydrogens (tertiary/aromatic N) is 3. The SMILES string of the molecule is COCCN(CCC#N)C(=O)c1cccnc1Cl. The predicted octanol–water partition coefficient (Wildman–Crippen LogP) is 1.74. The van der Waals surface area contributed by atoms with E-state index in [0.29, 0.717) is 25.3 Å². The van der Waals surface area contributed by atoms with Gasteiger partial charge in [-0.2, -0.15) is 5.26 Å². The molecule has 0 saturated carbocycles. The third kappa shape index (κ3) is 3.99. The minimum atomic E-state index is -0.236. The fourth-order valence-electron chi connectivity index (χ4n) is 1.42. The van der Waals surface area contributed by atoms with Crippen LogP contribution in [0.5, 0.6) is 0 Å². The number of methoxy groups -OCH3 is 1. The molecule has 0 radical (unpaired) electrons. The van der Waals surface area contributed by atoms with Gasteiger partial charge in [0.15, 0.2) is 0 Å². The highest BCUT2D eigenvalue weighted by Gasteiger charge is 2.18. The Morgan fingerprint density at radius 1 is 1.61 bits per heavy atom. The number of hydrogen-bond acceptors (Lipinski definition) is 4. The van der Waals surface area contributed by atoms with Crippen LogP contribution in [0, 0.1) is 11.3 Å². The Hall–Kier alpha value is -1.64. The summed E-state index contributed by atoms with van der Waals surface area (Å²) in [7, 11) is 1.56. The van der Waals surface area contributed by atoms with Gasteiger partial charge in [-0.05, 0) is 12.1 Å². The number of carbonyl (C=O) groups is 1. The van der Waals surface area contributed by atoms with E-state index in [2.05, 4.69) is 4.98 Å². The van der Waals surface area contributed by atoms with Crippen molar-refractivity contribution < 1.29 is 9.53 Å². The number of halogens is 1. The first kappa shape index (κ1) is 14.4. The summed E-state index contributed by atoms with van der Waals surface area (Å²) in [5.41, 5.74) is 0.341. The van der Waals surface area contributed by atoms with Gasteiger partial charge in [-0.25, -0.2) is 4.98 Å². The average Bonchev–Trinajstić information content (AvgIpc) is 2.39. The molecule has 1 aromatic rings. The highest BCUT2D eigenvalue weighted by Crippen LogP contribution is 2.14. The minimum absolute atomic E-state index is 0.168. The molecule has 1 rings (SSSR count). The summed E-state index contributed by atoms with van der Waals surface area (Å²) in [6.07, 6.45) is 1.79. The van der Waals surface area contributed by atoms with Gasteiger partial charge in [-0.15, -0.1) is 0 Å². The Morgan fingerprint density at radius 2 is 2.39 bits per heavy atom. The number of ether oxygens (including phenoxy) is 1. The van der Waals surface area contributed by atoms with E-state index in [9.17, 15) is 4.79 Å². The van der Waals surface area contributed by atoms with Gasteiger partial charge in [0.05, 0.1) is 24.7 Å². The molecule has 0 unspecified atom stereocenters. The molecule has 96 valence electrons. The maximum absolute atomic E-state index is 12.2. The van der Waals surface area contributed by atoms with Crippen molar-refractivity contribution in [3.05, 3.63) is 29.0 Å². The van der Waals surface area contributed by atoms with Crippen molar-refractivity contribution in [3.63, 3.8) is 0 Å². The molecule has 0 fully saturated rings. The highest BCUT2D eigenvalue weighted by atomic mass is 35.5. The number of aromatic nitrogens is 1. The van der Waals surface area contributed by atoms with Gasteiger partial charge in [0.1, 0.15) is 5.15 Å². The molecule has 1 aromatic heterocycles. The van der Waals surface area contributed by atoms with E-state index in [4.69, 9.17) is 21.6 Å². The second-order valence-electron chi connectivity index (χ2n) is 3.53. The lowest BCUT2D eigenvalue weighted by Gasteiger charge is -2.21. The van der Waals surface area contributed by atoms with Crippen molar-refractivity contribution in [1.82, 2.24) is 9.88 Å². The first-order valence-electron chi connectivity index (χ1n) is 5.46. The normalized spacial score (nSPS) is 9.83. The molecule has 0 bridgehead atoms. The van der Waals surface area contributed by atoms with Gasteiger partial charge in [0.25, 0.3) is 5.91 Å². The van der Waals surface area contributed by atoms with Crippen molar-refractivity contribution in [2.24, 2.45) is 0 Å². The number of amides is 1. The lowest BCUT2D eigenvalue weighted by Crippen LogP contribution is -2.35. The van der Waals surface area contributed by atoms with Gasteiger partial charge < -0.3 is 9.64 Å². The summed E-state index contributed by atoms with van der Waals surface area (Å²) in [6.45, 7) is 1.18. The number of pyridine rings is 1. The Morgan fingerprint density at radius 3 is 3.00 bits per heavy atom. The summed E-state index contributed by atoms with van der Waals surface area (Å²) in [6, 6.07) is 5.28. The molecule has 0 N–H and O–H groups in total. The molecule has 0 aromatic carbocycles. The molecule has 1 heterocycles. The van der Waals surface area contributed by atoms with Gasteiger partial charge in [-0.1, -0.05) is 11.6 Å². The lowest BCUT2D eigenvalue weighted by atomic mass is 10.2. The first-order chi connectivity index (χ1) is 8.70. The Labute approximate surface area is 111 Å². The maximum Gasteiger partial charge on any atom is 0.257 e. The molecule has 1 amide bonds. The van der Waals surface area contributed by atoms with Crippen LogP contribution >= 0.6 is 11.6 Å². The van der Waals surface area contributed by atoms with Gasteiger partial charge in [0, 0.05) is 26.4 Å². The smallest absolute Gasteiger partial charge is 0.257 e. The van der Waals surface area contributed by atoms with Crippen LogP contribution in [0.3, 0.4) is 0 Å². The second-order valence-corrected chi connectivity index (χ2v) is 3.89. The number of rotatable bonds is 6. The van der Waals surface area contributed by atoms with Crippen LogP contribution in [-0.2, 0) is 4.74 Å². The van der Waals surface area contributed by atoms with Crippen LogP contribution in [0.25, 0.3) is 0 Å². The number of hydrogen-bond donors (Lipinski definition) is 0. The second kappa shape index (κ2) is 7.64. The van der Waals surface area contributed by atoms with Crippen LogP contribution in [0.15, 0.2) is 18.3 Å². The molecule has 0 aliphatic rings. The van der Waals surface area contributed by atoms with Crippen LogP contribution in [0.4, 0.5) is 0 Å². The van der Waals surface area contributed by atoms with E-state index in [1.807, 2.05) is 6.07 Å². The van der Waals surface area contributed by atoms with E-state index in [1.165, 1.54) is 11.1 Å². The van der Waals surface area contributed by atoms with Crippen LogP contribution in [0.1, 0.15) is 16.8 Å². The summed E-state index contributed by atoms with van der Waals surface area (Å²) in [5.74, 6) is -0.236. The standard InChI is InChI=1S/C12H14ClN3O2/c1-18-9-8-16(7-3-5-14)12(17)10-4-2-6-15-11(10)13/h2,4,6H,3,7-9H2,1H3. The first-order valence-corrected chi connectivity index (χ1v) is 5.84. The van der Waals surface area contributed by atoms with E-state index < -0.39 is 0 Å². The third-order valence-corrected chi connectivity index (χ3v) is 2.64. The summed E-state index contributed by atoms with van der Waals surface area (Å²) >= 11 is 5.88. The predicted molar refractivity (Wildman–Crippen MR) is 67.3 cm³/mol. The van der Waals surface area contributed by atoms with Crippen LogP contribution < -0.4 is 0 Å². The monoisotopic (exact) mass is 267 g/mol. The molecule has 0 saturated heterocycles. The van der Waals surface area contributed by atoms with Gasteiger partial charge >= 0.3 is 0 Å². The van der Waals surface area contributed by atoms with Gasteiger partial charge in [-0.3, -0.25) is 4.79 Å². The van der Waals surface area contributed by atoms with Crippen LogP contribution in [-0.4, -0.2) is 42.6 Å². The van der Waals surface area contributed by atoms with E-state index >= 15 is 0 Å². The number of nitriles is 1. The highest BCUT2D eigenvalue weighted by molar-refractivity contribution is 6.32. The molecule has 0 atom stereocenters. The zero-order chi connectivity index (χ0) is 13.4. The zero-order valence-electron chi connectivity index (χ0n) is 10.1. The van der Waals surface area contributed by atoms with Crippen molar-refractivity contribution >= 4 is 17.5 Å². The molecule has 6 heteroatoms. The average molecular weight is 268 g/mol. The zero-order valence-corrected chi connectivity index (χ0v) is 10.9. The summed E-state index contributed by atoms with van der Waals surface area (Å²) in [5, 5.41) is 8.76. The van der Waals surface area contributed by atoms with Gasteiger partial charge in [0.2, 0.25) is 0 Å². The molecule has 0 spiro atoms. The van der Waals surface area contributed by atoms with Crippen molar-refractivity contribution in [2.45, 2.75) is 6.42 Å². The van der Waals surface area contributed by atoms with E-state index in [-0.39, 0.29) is 17.5 Å². The fraction of sp³-hybridized carbons (Fsp3) is 0.417. The topological polar surface area (TPSA) is 66.2 Å². The van der Waals surface area contributed by atoms with E-state index in [0.717, 1.165) is 0 Å². The van der Waals surface area contributed by atoms with Crippen molar-refractivity contribution in [1.29, 1.82) is 5.26 Å². The molecule has 0 aliphatic carbocycles. The lowest BCUT2D eigenvalue weighted by molar-refractivity contribution is 0.0699. The molecular formula is C12H14ClN3O2. The molecule has 0 aliphatic heterocycles. The quantitative estimate of drug-likeness (QED) is 0.737. The van der Waals surface area contributed by atoms with Crippen LogP contribution in [0.2, 0.25) is 5.15 Å². The molecular weight excluding hydrogens is 254 g/mol. The molecule has 18 heavy (non-hydrogen) atoms. The largest absolute Gasteiger partial charge is 0.383 e. The molecule has 5 nitrogen and oxygen atoms in total. The van der Waals surface area contributed by atoms with Crippen molar-refractivity contribution in [3.8, 4) is 6.07 Å². The summed E-state index contributed by atoms with van der Waals surface area (Å²) < 4.78 is 4.94. The number of carbonyl (C=O) groups excluding carboxylic acids is 1. The third-order valence-electron chi connectivity index (χ3n) is 2.34. The Balaban J connectivity index is 2.81. The maximum atomic E-state index is 12.2. The fourth-order valence-corrected chi connectivity index (χ4v) is 1.62. The minimum Gasteiger partial charge on any atom is -0.383 e. The summed E-state index contributed by atoms with van der Waals surface area (Å²) in [4.78, 5) is 17.6. The Bertz CT molecular complexity index is 445.